The number of fused-ring (bicyclic) bond motifs is 1. The van der Waals surface area contributed by atoms with Crippen LogP contribution in [0, 0.1) is 12.7 Å². The number of benzene rings is 1. The Morgan fingerprint density at radius 2 is 1.94 bits per heavy atom. The summed E-state index contributed by atoms with van der Waals surface area (Å²) in [7, 11) is 0. The van der Waals surface area contributed by atoms with Gasteiger partial charge in [-0.1, -0.05) is 55.5 Å². The Kier molecular flexibility index (Phi) is 6.90. The summed E-state index contributed by atoms with van der Waals surface area (Å²) in [4.78, 5) is 32.9. The number of hydrogen-bond acceptors (Lipinski definition) is 6. The van der Waals surface area contributed by atoms with E-state index < -0.39 is 0 Å². The van der Waals surface area contributed by atoms with Crippen molar-refractivity contribution < 1.29 is 9.18 Å². The van der Waals surface area contributed by atoms with Gasteiger partial charge < -0.3 is 5.32 Å². The summed E-state index contributed by atoms with van der Waals surface area (Å²) in [6, 6.07) is 9.64. The van der Waals surface area contributed by atoms with E-state index in [9.17, 15) is 14.0 Å². The molecule has 6 nitrogen and oxygen atoms in total. The maximum atomic E-state index is 13.4. The lowest BCUT2D eigenvalue weighted by Crippen LogP contribution is -2.27. The molecule has 3 heterocycles. The van der Waals surface area contributed by atoms with Gasteiger partial charge in [0.1, 0.15) is 21.6 Å². The Morgan fingerprint density at radius 1 is 1.18 bits per heavy atom. The number of pyridine rings is 1. The average Bonchev–Trinajstić information content (AvgIpc) is 3.05. The first-order valence-electron chi connectivity index (χ1n) is 10.6. The van der Waals surface area contributed by atoms with Crippen LogP contribution < -0.4 is 10.9 Å². The number of thiocarbonyl (C=S) groups is 1. The molecule has 9 heteroatoms. The molecule has 1 amide bonds. The van der Waals surface area contributed by atoms with Crippen molar-refractivity contribution in [2.24, 2.45) is 0 Å². The highest BCUT2D eigenvalue weighted by Crippen LogP contribution is 2.34. The van der Waals surface area contributed by atoms with E-state index >= 15 is 0 Å². The van der Waals surface area contributed by atoms with Gasteiger partial charge in [-0.2, -0.15) is 0 Å². The molecule has 0 saturated carbocycles. The van der Waals surface area contributed by atoms with Crippen LogP contribution in [0.5, 0.6) is 0 Å². The van der Waals surface area contributed by atoms with Gasteiger partial charge >= 0.3 is 0 Å². The normalized spacial score (nSPS) is 15.1. The van der Waals surface area contributed by atoms with Crippen LogP contribution in [0.25, 0.3) is 11.7 Å². The van der Waals surface area contributed by atoms with Crippen LogP contribution in [0.4, 0.5) is 10.2 Å². The Morgan fingerprint density at radius 3 is 2.67 bits per heavy atom. The van der Waals surface area contributed by atoms with E-state index in [-0.39, 0.29) is 23.8 Å². The zero-order chi connectivity index (χ0) is 23.5. The van der Waals surface area contributed by atoms with Crippen LogP contribution in [0.3, 0.4) is 0 Å². The zero-order valence-corrected chi connectivity index (χ0v) is 19.9. The van der Waals surface area contributed by atoms with E-state index in [2.05, 4.69) is 17.2 Å². The lowest BCUT2D eigenvalue weighted by Gasteiger charge is -2.14. The van der Waals surface area contributed by atoms with Crippen molar-refractivity contribution in [3.8, 4) is 0 Å². The van der Waals surface area contributed by atoms with Gasteiger partial charge in [-0.3, -0.25) is 18.9 Å². The number of hydrogen-bond donors (Lipinski definition) is 1. The summed E-state index contributed by atoms with van der Waals surface area (Å²) >= 11 is 6.56. The lowest BCUT2D eigenvalue weighted by molar-refractivity contribution is -0.122. The number of anilines is 1. The second-order valence-corrected chi connectivity index (χ2v) is 9.46. The number of aryl methyl sites for hydroxylation is 1. The molecular weight excluding hydrogens is 459 g/mol. The number of rotatable bonds is 7. The number of unbranched alkanes of at least 4 members (excludes halogenated alkanes) is 1. The van der Waals surface area contributed by atoms with Crippen molar-refractivity contribution >= 4 is 51.7 Å². The number of amides is 1. The molecule has 1 fully saturated rings. The first kappa shape index (κ1) is 23.1. The van der Waals surface area contributed by atoms with E-state index in [0.29, 0.717) is 32.8 Å². The molecule has 4 rings (SSSR count). The molecule has 0 radical (unpaired) electrons. The van der Waals surface area contributed by atoms with Crippen LogP contribution in [0.1, 0.15) is 36.5 Å². The Labute approximate surface area is 200 Å². The molecule has 3 aromatic rings. The van der Waals surface area contributed by atoms with E-state index in [0.717, 1.165) is 35.7 Å². The fraction of sp³-hybridized carbons (Fsp3) is 0.250. The smallest absolute Gasteiger partial charge is 0.267 e. The summed E-state index contributed by atoms with van der Waals surface area (Å²) in [5.74, 6) is -0.185. The SMILES string of the molecule is CCCCNc1nc2ccc(C)cn2c(=O)c1/C=C1/SC(=S)N(Cc2ccc(F)cc2)C1=O. The molecule has 0 unspecified atom stereocenters. The third-order valence-corrected chi connectivity index (χ3v) is 6.61. The minimum atomic E-state index is -0.341. The number of nitrogens with zero attached hydrogens (tertiary/aromatic N) is 3. The average molecular weight is 483 g/mol. The summed E-state index contributed by atoms with van der Waals surface area (Å²) < 4.78 is 15.1. The van der Waals surface area contributed by atoms with Crippen LogP contribution in [0.15, 0.2) is 52.3 Å². The van der Waals surface area contributed by atoms with Crippen molar-refractivity contribution in [3.05, 3.63) is 80.4 Å². The molecule has 33 heavy (non-hydrogen) atoms. The molecule has 1 aromatic carbocycles. The van der Waals surface area contributed by atoms with Crippen LogP contribution in [-0.4, -0.2) is 31.1 Å². The molecule has 0 bridgehead atoms. The maximum Gasteiger partial charge on any atom is 0.267 e. The topological polar surface area (TPSA) is 66.7 Å². The van der Waals surface area contributed by atoms with Gasteiger partial charge in [0.15, 0.2) is 0 Å². The second kappa shape index (κ2) is 9.84. The molecule has 1 N–H and O–H groups in total. The summed E-state index contributed by atoms with van der Waals surface area (Å²) in [5, 5.41) is 3.25. The van der Waals surface area contributed by atoms with E-state index in [1.165, 1.54) is 21.4 Å². The van der Waals surface area contributed by atoms with Gasteiger partial charge in [0.25, 0.3) is 11.5 Å². The predicted molar refractivity (Wildman–Crippen MR) is 135 cm³/mol. The highest BCUT2D eigenvalue weighted by atomic mass is 32.2. The van der Waals surface area contributed by atoms with Gasteiger partial charge in [-0.15, -0.1) is 0 Å². The Hall–Kier alpha value is -3.04. The first-order valence-corrected chi connectivity index (χ1v) is 11.9. The standard InChI is InChI=1S/C24H23FN4O2S2/c1-3-4-11-26-21-18(22(30)28-13-15(2)5-10-20(28)27-21)12-19-23(31)29(24(32)33-19)14-16-6-8-17(25)9-7-16/h5-10,12-13,26H,3-4,11,14H2,1-2H3/b19-12+. The first-order chi connectivity index (χ1) is 15.9. The predicted octanol–water partition coefficient (Wildman–Crippen LogP) is 4.76. The Balaban J connectivity index is 1.72. The maximum absolute atomic E-state index is 13.4. The number of carbonyl (C=O) groups is 1. The molecule has 1 aliphatic heterocycles. The van der Waals surface area contributed by atoms with Crippen molar-refractivity contribution in [3.63, 3.8) is 0 Å². The number of thioether (sulfide) groups is 1. The lowest BCUT2D eigenvalue weighted by atomic mass is 10.2. The Bertz CT molecular complexity index is 1320. The van der Waals surface area contributed by atoms with Gasteiger partial charge in [0.05, 0.1) is 17.0 Å². The highest BCUT2D eigenvalue weighted by Gasteiger charge is 2.32. The molecular formula is C24H23FN4O2S2. The molecule has 1 aliphatic rings. The van der Waals surface area contributed by atoms with Crippen LogP contribution in [0.2, 0.25) is 0 Å². The zero-order valence-electron chi connectivity index (χ0n) is 18.3. The summed E-state index contributed by atoms with van der Waals surface area (Å²) in [6.45, 7) is 4.88. The summed E-state index contributed by atoms with van der Waals surface area (Å²) in [5.41, 5.74) is 2.28. The fourth-order valence-corrected chi connectivity index (χ4v) is 4.68. The van der Waals surface area contributed by atoms with Gasteiger partial charge in [0.2, 0.25) is 0 Å². The minimum Gasteiger partial charge on any atom is -0.369 e. The van der Waals surface area contributed by atoms with Crippen LogP contribution >= 0.6 is 24.0 Å². The van der Waals surface area contributed by atoms with Crippen molar-refractivity contribution in [1.82, 2.24) is 14.3 Å². The van der Waals surface area contributed by atoms with E-state index in [4.69, 9.17) is 12.2 Å². The number of halogens is 1. The molecule has 170 valence electrons. The van der Waals surface area contributed by atoms with Crippen LogP contribution in [-0.2, 0) is 11.3 Å². The molecule has 2 aromatic heterocycles. The highest BCUT2D eigenvalue weighted by molar-refractivity contribution is 8.26. The fourth-order valence-electron chi connectivity index (χ4n) is 3.45. The number of aromatic nitrogens is 2. The molecule has 0 aliphatic carbocycles. The molecule has 0 atom stereocenters. The van der Waals surface area contributed by atoms with E-state index in [1.54, 1.807) is 30.5 Å². The number of nitrogens with one attached hydrogen (secondary N) is 1. The van der Waals surface area contributed by atoms with Crippen molar-refractivity contribution in [2.75, 3.05) is 11.9 Å². The van der Waals surface area contributed by atoms with Crippen molar-refractivity contribution in [1.29, 1.82) is 0 Å². The summed E-state index contributed by atoms with van der Waals surface area (Å²) in [6.07, 6.45) is 5.23. The largest absolute Gasteiger partial charge is 0.369 e. The van der Waals surface area contributed by atoms with Crippen molar-refractivity contribution in [2.45, 2.75) is 33.2 Å². The van der Waals surface area contributed by atoms with Gasteiger partial charge in [-0.25, -0.2) is 9.37 Å². The molecule has 1 saturated heterocycles. The third-order valence-electron chi connectivity index (χ3n) is 5.23. The monoisotopic (exact) mass is 482 g/mol. The minimum absolute atomic E-state index is 0.234. The van der Waals surface area contributed by atoms with Gasteiger partial charge in [-0.05, 0) is 48.7 Å². The third kappa shape index (κ3) is 4.99. The number of carbonyl (C=O) groups excluding carboxylic acids is 1. The van der Waals surface area contributed by atoms with Gasteiger partial charge in [0, 0.05) is 12.7 Å². The molecule has 0 spiro atoms. The quantitative estimate of drug-likeness (QED) is 0.298. The van der Waals surface area contributed by atoms with E-state index in [1.807, 2.05) is 13.0 Å². The second-order valence-electron chi connectivity index (χ2n) is 7.79.